The number of hydrogen-bond donors (Lipinski definition) is 2. The van der Waals surface area contributed by atoms with Crippen molar-refractivity contribution in [3.8, 4) is 0 Å². The van der Waals surface area contributed by atoms with Gasteiger partial charge in [-0.2, -0.15) is 0 Å². The number of aromatic nitrogens is 2. The van der Waals surface area contributed by atoms with Gasteiger partial charge in [0, 0.05) is 17.3 Å². The Morgan fingerprint density at radius 1 is 1.26 bits per heavy atom. The van der Waals surface area contributed by atoms with Gasteiger partial charge in [0.25, 0.3) is 0 Å². The summed E-state index contributed by atoms with van der Waals surface area (Å²) in [5.41, 5.74) is 1.84. The van der Waals surface area contributed by atoms with Crippen LogP contribution in [0.3, 0.4) is 0 Å². The van der Waals surface area contributed by atoms with Crippen LogP contribution in [0.2, 0.25) is 0 Å². The quantitative estimate of drug-likeness (QED) is 0.854. The fourth-order valence-corrected chi connectivity index (χ4v) is 3.06. The third-order valence-corrected chi connectivity index (χ3v) is 4.23. The van der Waals surface area contributed by atoms with Gasteiger partial charge in [-0.1, -0.05) is 19.3 Å². The molecule has 0 bridgehead atoms. The zero-order chi connectivity index (χ0) is 13.3. The zero-order valence-corrected chi connectivity index (χ0v) is 11.4. The highest BCUT2D eigenvalue weighted by molar-refractivity contribution is 5.61. The lowest BCUT2D eigenvalue weighted by Gasteiger charge is -2.34. The van der Waals surface area contributed by atoms with Crippen molar-refractivity contribution in [1.82, 2.24) is 9.97 Å². The lowest BCUT2D eigenvalue weighted by Crippen LogP contribution is -2.37. The molecule has 102 valence electrons. The van der Waals surface area contributed by atoms with E-state index in [1.165, 1.54) is 19.3 Å². The second kappa shape index (κ2) is 4.83. The monoisotopic (exact) mass is 259 g/mol. The van der Waals surface area contributed by atoms with E-state index >= 15 is 0 Å². The summed E-state index contributed by atoms with van der Waals surface area (Å²) in [5, 5.41) is 13.4. The summed E-state index contributed by atoms with van der Waals surface area (Å²) in [6, 6.07) is 0. The fourth-order valence-electron chi connectivity index (χ4n) is 3.06. The largest absolute Gasteiger partial charge is 0.506 e. The molecule has 3 rings (SSSR count). The van der Waals surface area contributed by atoms with Crippen molar-refractivity contribution < 1.29 is 5.11 Å². The van der Waals surface area contributed by atoms with Crippen molar-refractivity contribution in [2.45, 2.75) is 57.4 Å². The van der Waals surface area contributed by atoms with Crippen LogP contribution in [-0.4, -0.2) is 20.6 Å². The minimum Gasteiger partial charge on any atom is -0.506 e. The second-order valence-electron chi connectivity index (χ2n) is 5.94. The molecule has 0 amide bonds. The molecule has 2 aliphatic carbocycles. The maximum atomic E-state index is 9.90. The van der Waals surface area contributed by atoms with Gasteiger partial charge in [0.1, 0.15) is 11.5 Å². The molecule has 2 aliphatic rings. The summed E-state index contributed by atoms with van der Waals surface area (Å²) in [6.45, 7) is 2.24. The number of hydrogen-bond acceptors (Lipinski definition) is 4. The number of rotatable bonds is 2. The average molecular weight is 259 g/mol. The molecule has 1 heterocycles. The van der Waals surface area contributed by atoms with E-state index in [4.69, 9.17) is 0 Å². The van der Waals surface area contributed by atoms with Gasteiger partial charge < -0.3 is 10.4 Å². The third kappa shape index (κ3) is 2.57. The molecule has 0 spiro atoms. The molecule has 1 fully saturated rings. The Kier molecular flexibility index (Phi) is 3.17. The summed E-state index contributed by atoms with van der Waals surface area (Å²) in [5.74, 6) is 0.936. The Bertz CT molecular complexity index is 504. The Labute approximate surface area is 114 Å². The molecule has 1 saturated carbocycles. The van der Waals surface area contributed by atoms with Crippen molar-refractivity contribution in [3.63, 3.8) is 0 Å². The van der Waals surface area contributed by atoms with E-state index in [1.54, 1.807) is 0 Å². The SMILES string of the molecule is CC1(Nc2ncc3c(n2)C(O)=CCC3)CCCCC1. The number of aryl methyl sites for hydroxylation is 1. The van der Waals surface area contributed by atoms with Crippen LogP contribution in [0.25, 0.3) is 5.76 Å². The van der Waals surface area contributed by atoms with E-state index in [0.29, 0.717) is 17.4 Å². The summed E-state index contributed by atoms with van der Waals surface area (Å²) in [6.07, 6.45) is 11.6. The molecule has 4 nitrogen and oxygen atoms in total. The van der Waals surface area contributed by atoms with Crippen LogP contribution < -0.4 is 5.32 Å². The smallest absolute Gasteiger partial charge is 0.223 e. The number of nitrogens with one attached hydrogen (secondary N) is 1. The van der Waals surface area contributed by atoms with Gasteiger partial charge in [-0.15, -0.1) is 0 Å². The number of nitrogens with zero attached hydrogens (tertiary/aromatic N) is 2. The van der Waals surface area contributed by atoms with Gasteiger partial charge in [-0.25, -0.2) is 9.97 Å². The first-order chi connectivity index (χ1) is 9.16. The molecule has 0 atom stereocenters. The predicted molar refractivity (Wildman–Crippen MR) is 76.1 cm³/mol. The Balaban J connectivity index is 1.83. The van der Waals surface area contributed by atoms with Gasteiger partial charge in [0.15, 0.2) is 0 Å². The predicted octanol–water partition coefficient (Wildman–Crippen LogP) is 3.46. The van der Waals surface area contributed by atoms with Crippen molar-refractivity contribution in [2.75, 3.05) is 5.32 Å². The molecule has 1 aromatic heterocycles. The van der Waals surface area contributed by atoms with E-state index in [0.717, 1.165) is 31.2 Å². The molecule has 0 unspecified atom stereocenters. The van der Waals surface area contributed by atoms with E-state index in [9.17, 15) is 5.11 Å². The Hall–Kier alpha value is -1.58. The molecule has 0 radical (unpaired) electrons. The molecule has 0 aromatic carbocycles. The molecular weight excluding hydrogens is 238 g/mol. The lowest BCUT2D eigenvalue weighted by atomic mass is 9.83. The van der Waals surface area contributed by atoms with E-state index in [1.807, 2.05) is 12.3 Å². The molecule has 4 heteroatoms. The number of allylic oxidation sites excluding steroid dienone is 1. The number of aliphatic hydroxyl groups excluding tert-OH is 1. The van der Waals surface area contributed by atoms with E-state index in [2.05, 4.69) is 22.2 Å². The first kappa shape index (κ1) is 12.5. The second-order valence-corrected chi connectivity index (χ2v) is 5.94. The standard InChI is InChI=1S/C15H21N3O/c1-15(8-3-2-4-9-15)18-14-16-10-11-6-5-7-12(19)13(11)17-14/h7,10,19H,2-6,8-9H2,1H3,(H,16,17,18). The minimum atomic E-state index is 0.0977. The third-order valence-electron chi connectivity index (χ3n) is 4.23. The molecule has 0 aliphatic heterocycles. The molecule has 2 N–H and O–H groups in total. The van der Waals surface area contributed by atoms with Gasteiger partial charge in [-0.3, -0.25) is 0 Å². The lowest BCUT2D eigenvalue weighted by molar-refractivity contribution is 0.347. The highest BCUT2D eigenvalue weighted by Crippen LogP contribution is 2.31. The van der Waals surface area contributed by atoms with Crippen LogP contribution in [0.1, 0.15) is 56.7 Å². The molecule has 0 saturated heterocycles. The molecule has 19 heavy (non-hydrogen) atoms. The van der Waals surface area contributed by atoms with Crippen LogP contribution in [0.15, 0.2) is 12.3 Å². The van der Waals surface area contributed by atoms with Crippen molar-refractivity contribution >= 4 is 11.7 Å². The van der Waals surface area contributed by atoms with Crippen LogP contribution in [-0.2, 0) is 6.42 Å². The van der Waals surface area contributed by atoms with Crippen molar-refractivity contribution in [2.24, 2.45) is 0 Å². The topological polar surface area (TPSA) is 58.0 Å². The number of aliphatic hydroxyl groups is 1. The van der Waals surface area contributed by atoms with E-state index in [-0.39, 0.29) is 5.54 Å². The summed E-state index contributed by atoms with van der Waals surface area (Å²) in [4.78, 5) is 8.90. The van der Waals surface area contributed by atoms with Crippen LogP contribution >= 0.6 is 0 Å². The maximum Gasteiger partial charge on any atom is 0.223 e. The minimum absolute atomic E-state index is 0.0977. The Morgan fingerprint density at radius 3 is 2.84 bits per heavy atom. The normalized spacial score (nSPS) is 21.4. The van der Waals surface area contributed by atoms with Crippen LogP contribution in [0.5, 0.6) is 0 Å². The number of fused-ring (bicyclic) bond motifs is 1. The first-order valence-corrected chi connectivity index (χ1v) is 7.20. The zero-order valence-electron chi connectivity index (χ0n) is 11.4. The van der Waals surface area contributed by atoms with Gasteiger partial charge in [-0.05, 0) is 38.7 Å². The average Bonchev–Trinajstić information content (AvgIpc) is 2.40. The van der Waals surface area contributed by atoms with Gasteiger partial charge in [0.2, 0.25) is 5.95 Å². The van der Waals surface area contributed by atoms with Crippen molar-refractivity contribution in [1.29, 1.82) is 0 Å². The molecule has 1 aromatic rings. The van der Waals surface area contributed by atoms with E-state index < -0.39 is 0 Å². The van der Waals surface area contributed by atoms with Crippen LogP contribution in [0, 0.1) is 0 Å². The highest BCUT2D eigenvalue weighted by atomic mass is 16.3. The van der Waals surface area contributed by atoms with Gasteiger partial charge in [0.05, 0.1) is 0 Å². The van der Waals surface area contributed by atoms with Crippen molar-refractivity contribution in [3.05, 3.63) is 23.5 Å². The fraction of sp³-hybridized carbons (Fsp3) is 0.600. The summed E-state index contributed by atoms with van der Waals surface area (Å²) >= 11 is 0. The Morgan fingerprint density at radius 2 is 2.05 bits per heavy atom. The highest BCUT2D eigenvalue weighted by Gasteiger charge is 2.27. The van der Waals surface area contributed by atoms with Gasteiger partial charge >= 0.3 is 0 Å². The first-order valence-electron chi connectivity index (χ1n) is 7.20. The van der Waals surface area contributed by atoms with Crippen LogP contribution in [0.4, 0.5) is 5.95 Å². The number of anilines is 1. The molecular formula is C15H21N3O. The summed E-state index contributed by atoms with van der Waals surface area (Å²) < 4.78 is 0. The summed E-state index contributed by atoms with van der Waals surface area (Å²) in [7, 11) is 0. The maximum absolute atomic E-state index is 9.90.